The monoisotopic (exact) mass is 419 g/mol. The number of hydrogen-bond acceptors (Lipinski definition) is 3. The molecule has 0 N–H and O–H groups in total. The molecule has 0 spiro atoms. The van der Waals surface area contributed by atoms with Gasteiger partial charge in [0.1, 0.15) is 11.6 Å². The maximum Gasteiger partial charge on any atom is 0.264 e. The summed E-state index contributed by atoms with van der Waals surface area (Å²) in [7, 11) is -2.43. The van der Waals surface area contributed by atoms with E-state index in [1.165, 1.54) is 37.4 Å². The van der Waals surface area contributed by atoms with Gasteiger partial charge in [0.15, 0.2) is 0 Å². The molecule has 0 amide bonds. The van der Waals surface area contributed by atoms with Crippen LogP contribution in [0.5, 0.6) is 5.75 Å². The van der Waals surface area contributed by atoms with Gasteiger partial charge in [0.25, 0.3) is 10.0 Å². The number of nitrogens with zero attached hydrogens (tertiary/aromatic N) is 1. The summed E-state index contributed by atoms with van der Waals surface area (Å²) >= 11 is 6.14. The van der Waals surface area contributed by atoms with Crippen LogP contribution >= 0.6 is 11.6 Å². The van der Waals surface area contributed by atoms with Crippen molar-refractivity contribution in [3.05, 3.63) is 88.7 Å². The molecule has 4 nitrogen and oxygen atoms in total. The van der Waals surface area contributed by atoms with Crippen LogP contribution in [0.2, 0.25) is 5.02 Å². The van der Waals surface area contributed by atoms with Crippen LogP contribution in [0.25, 0.3) is 0 Å². The molecule has 28 heavy (non-hydrogen) atoms. The van der Waals surface area contributed by atoms with Gasteiger partial charge in [0, 0.05) is 10.6 Å². The molecule has 0 atom stereocenters. The van der Waals surface area contributed by atoms with E-state index in [0.717, 1.165) is 9.87 Å². The predicted molar refractivity (Wildman–Crippen MR) is 109 cm³/mol. The highest BCUT2D eigenvalue weighted by molar-refractivity contribution is 7.92. The molecule has 0 heterocycles. The van der Waals surface area contributed by atoms with E-state index in [2.05, 4.69) is 0 Å². The molecule has 3 rings (SSSR count). The second-order valence-electron chi connectivity index (χ2n) is 6.22. The fourth-order valence-corrected chi connectivity index (χ4v) is 4.38. The highest BCUT2D eigenvalue weighted by atomic mass is 35.5. The molecule has 0 radical (unpaired) electrons. The van der Waals surface area contributed by atoms with E-state index in [0.29, 0.717) is 11.4 Å². The second kappa shape index (κ2) is 8.20. The van der Waals surface area contributed by atoms with Crippen LogP contribution in [0, 0.1) is 12.7 Å². The third-order valence-corrected chi connectivity index (χ3v) is 6.47. The van der Waals surface area contributed by atoms with Gasteiger partial charge in [-0.05, 0) is 55.5 Å². The minimum Gasteiger partial charge on any atom is -0.497 e. The topological polar surface area (TPSA) is 46.6 Å². The quantitative estimate of drug-likeness (QED) is 0.552. The molecule has 3 aromatic carbocycles. The summed E-state index contributed by atoms with van der Waals surface area (Å²) < 4.78 is 47.4. The first-order valence-electron chi connectivity index (χ1n) is 8.49. The van der Waals surface area contributed by atoms with E-state index in [1.54, 1.807) is 36.4 Å². The zero-order chi connectivity index (χ0) is 20.3. The van der Waals surface area contributed by atoms with Crippen molar-refractivity contribution in [3.8, 4) is 5.75 Å². The summed E-state index contributed by atoms with van der Waals surface area (Å²) in [4.78, 5) is 0.112. The van der Waals surface area contributed by atoms with Gasteiger partial charge >= 0.3 is 0 Å². The number of anilines is 1. The molecule has 0 unspecified atom stereocenters. The third kappa shape index (κ3) is 4.13. The van der Waals surface area contributed by atoms with E-state index < -0.39 is 15.8 Å². The molecule has 3 aromatic rings. The maximum absolute atomic E-state index is 14.4. The molecule has 0 aliphatic rings. The number of aryl methyl sites for hydroxylation is 1. The summed E-state index contributed by atoms with van der Waals surface area (Å²) in [6, 6.07) is 17.3. The van der Waals surface area contributed by atoms with Gasteiger partial charge in [-0.15, -0.1) is 0 Å². The van der Waals surface area contributed by atoms with E-state index in [-0.39, 0.29) is 22.0 Å². The first-order chi connectivity index (χ1) is 13.3. The van der Waals surface area contributed by atoms with Crippen LogP contribution in [0.4, 0.5) is 10.1 Å². The minimum atomic E-state index is -3.95. The summed E-state index contributed by atoms with van der Waals surface area (Å²) in [5.41, 5.74) is 1.42. The van der Waals surface area contributed by atoms with Crippen molar-refractivity contribution in [2.45, 2.75) is 18.4 Å². The molecule has 0 bridgehead atoms. The predicted octanol–water partition coefficient (Wildman–Crippen LogP) is 5.19. The van der Waals surface area contributed by atoms with Crippen molar-refractivity contribution in [2.24, 2.45) is 0 Å². The van der Waals surface area contributed by atoms with Crippen molar-refractivity contribution in [2.75, 3.05) is 11.4 Å². The highest BCUT2D eigenvalue weighted by Gasteiger charge is 2.27. The van der Waals surface area contributed by atoms with E-state index in [4.69, 9.17) is 16.3 Å². The lowest BCUT2D eigenvalue weighted by Crippen LogP contribution is -2.31. The lowest BCUT2D eigenvalue weighted by Gasteiger charge is -2.25. The van der Waals surface area contributed by atoms with Crippen molar-refractivity contribution in [1.82, 2.24) is 0 Å². The Hall–Kier alpha value is -2.57. The van der Waals surface area contributed by atoms with Crippen LogP contribution < -0.4 is 9.04 Å². The Morgan fingerprint density at radius 3 is 2.21 bits per heavy atom. The van der Waals surface area contributed by atoms with Gasteiger partial charge in [-0.1, -0.05) is 35.4 Å². The van der Waals surface area contributed by atoms with E-state index in [9.17, 15) is 12.8 Å². The molecule has 0 aliphatic heterocycles. The fourth-order valence-electron chi connectivity index (χ4n) is 2.73. The molecule has 0 aliphatic carbocycles. The molecule has 0 saturated heterocycles. The molecular formula is C21H19ClFNO3S. The Kier molecular flexibility index (Phi) is 5.91. The maximum atomic E-state index is 14.4. The van der Waals surface area contributed by atoms with Crippen LogP contribution in [0.15, 0.2) is 71.6 Å². The Balaban J connectivity index is 2.11. The molecule has 0 fully saturated rings. The lowest BCUT2D eigenvalue weighted by atomic mass is 10.2. The zero-order valence-corrected chi connectivity index (χ0v) is 17.0. The summed E-state index contributed by atoms with van der Waals surface area (Å²) in [6.07, 6.45) is 0. The number of rotatable bonds is 6. The fraction of sp³-hybridized carbons (Fsp3) is 0.143. The Labute approximate surface area is 169 Å². The number of ether oxygens (including phenoxy) is 1. The van der Waals surface area contributed by atoms with Crippen molar-refractivity contribution >= 4 is 27.3 Å². The second-order valence-corrected chi connectivity index (χ2v) is 8.49. The number of halogens is 2. The molecule has 7 heteroatoms. The van der Waals surface area contributed by atoms with Crippen LogP contribution in [-0.2, 0) is 16.6 Å². The average Bonchev–Trinajstić information content (AvgIpc) is 2.68. The normalized spacial score (nSPS) is 11.3. The van der Waals surface area contributed by atoms with Gasteiger partial charge in [-0.2, -0.15) is 0 Å². The SMILES string of the molecule is COc1ccc(N(Cc2c(F)cccc2Cl)S(=O)(=O)c2ccc(C)cc2)cc1. The Morgan fingerprint density at radius 1 is 1.00 bits per heavy atom. The Bertz CT molecular complexity index is 1050. The van der Waals surface area contributed by atoms with Crippen LogP contribution in [0.1, 0.15) is 11.1 Å². The van der Waals surface area contributed by atoms with Gasteiger partial charge < -0.3 is 4.74 Å². The zero-order valence-electron chi connectivity index (χ0n) is 15.4. The highest BCUT2D eigenvalue weighted by Crippen LogP contribution is 2.30. The van der Waals surface area contributed by atoms with Gasteiger partial charge in [-0.25, -0.2) is 12.8 Å². The average molecular weight is 420 g/mol. The first-order valence-corrected chi connectivity index (χ1v) is 10.3. The lowest BCUT2D eigenvalue weighted by molar-refractivity contribution is 0.415. The summed E-state index contributed by atoms with van der Waals surface area (Å²) in [5.74, 6) is 0.0190. The summed E-state index contributed by atoms with van der Waals surface area (Å²) in [6.45, 7) is 1.63. The van der Waals surface area contributed by atoms with Gasteiger partial charge in [-0.3, -0.25) is 4.31 Å². The van der Waals surface area contributed by atoms with Crippen LogP contribution in [-0.4, -0.2) is 15.5 Å². The first kappa shape index (κ1) is 20.2. The third-order valence-electron chi connectivity index (χ3n) is 4.33. The van der Waals surface area contributed by atoms with Gasteiger partial charge in [0.2, 0.25) is 0 Å². The van der Waals surface area contributed by atoms with Crippen molar-refractivity contribution in [1.29, 1.82) is 0 Å². The number of benzene rings is 3. The standard InChI is InChI=1S/C21H19ClFNO3S/c1-15-6-12-18(13-7-15)28(25,26)24(16-8-10-17(27-2)11-9-16)14-19-20(22)4-3-5-21(19)23/h3-13H,14H2,1-2H3. The molecule has 0 aromatic heterocycles. The number of hydrogen-bond donors (Lipinski definition) is 0. The molecular weight excluding hydrogens is 401 g/mol. The smallest absolute Gasteiger partial charge is 0.264 e. The Morgan fingerprint density at radius 2 is 1.64 bits per heavy atom. The summed E-state index contributed by atoms with van der Waals surface area (Å²) in [5, 5.41) is 0.164. The van der Waals surface area contributed by atoms with Gasteiger partial charge in [0.05, 0.1) is 24.2 Å². The van der Waals surface area contributed by atoms with E-state index in [1.807, 2.05) is 6.92 Å². The molecule has 146 valence electrons. The van der Waals surface area contributed by atoms with Crippen molar-refractivity contribution in [3.63, 3.8) is 0 Å². The minimum absolute atomic E-state index is 0.107. The number of methoxy groups -OCH3 is 1. The van der Waals surface area contributed by atoms with Crippen LogP contribution in [0.3, 0.4) is 0 Å². The molecule has 0 saturated carbocycles. The largest absolute Gasteiger partial charge is 0.497 e. The number of sulfonamides is 1. The van der Waals surface area contributed by atoms with E-state index >= 15 is 0 Å². The van der Waals surface area contributed by atoms with Crippen molar-refractivity contribution < 1.29 is 17.5 Å².